The first kappa shape index (κ1) is 20.6. The Morgan fingerprint density at radius 3 is 2.59 bits per heavy atom. The number of methoxy groups -OCH3 is 1. The van der Waals surface area contributed by atoms with Gasteiger partial charge in [0.1, 0.15) is 5.69 Å². The maximum absolute atomic E-state index is 13.4. The lowest BCUT2D eigenvalue weighted by atomic mass is 9.78. The molecule has 1 aromatic carbocycles. The molecule has 1 saturated heterocycles. The largest absolute Gasteiger partial charge is 0.494 e. The van der Waals surface area contributed by atoms with Gasteiger partial charge >= 0.3 is 0 Å². The number of H-pyrrole nitrogens is 1. The molecule has 0 aliphatic carbocycles. The van der Waals surface area contributed by atoms with Crippen LogP contribution in [-0.2, 0) is 20.9 Å². The van der Waals surface area contributed by atoms with Crippen molar-refractivity contribution in [1.82, 2.24) is 14.5 Å². The van der Waals surface area contributed by atoms with E-state index in [4.69, 9.17) is 16.3 Å². The average Bonchev–Trinajstić information content (AvgIpc) is 3.34. The van der Waals surface area contributed by atoms with E-state index in [1.54, 1.807) is 31.2 Å². The van der Waals surface area contributed by atoms with E-state index >= 15 is 0 Å². The van der Waals surface area contributed by atoms with Gasteiger partial charge in [-0.2, -0.15) is 0 Å². The highest BCUT2D eigenvalue weighted by molar-refractivity contribution is 6.33. The van der Waals surface area contributed by atoms with Gasteiger partial charge in [0.15, 0.2) is 5.75 Å². The molecular weight excluding hydrogens is 434 g/mol. The van der Waals surface area contributed by atoms with Crippen molar-refractivity contribution in [1.29, 1.82) is 0 Å². The molecule has 5 rings (SSSR count). The van der Waals surface area contributed by atoms with Gasteiger partial charge in [0.25, 0.3) is 17.5 Å². The molecule has 2 amide bonds. The van der Waals surface area contributed by atoms with Crippen LogP contribution in [0.3, 0.4) is 0 Å². The van der Waals surface area contributed by atoms with Gasteiger partial charge in [-0.15, -0.1) is 0 Å². The second-order valence-electron chi connectivity index (χ2n) is 7.93. The van der Waals surface area contributed by atoms with Gasteiger partial charge in [0.05, 0.1) is 18.3 Å². The summed E-state index contributed by atoms with van der Waals surface area (Å²) in [6, 6.07) is 6.99. The van der Waals surface area contributed by atoms with Crippen LogP contribution in [-0.4, -0.2) is 50.6 Å². The lowest BCUT2D eigenvalue weighted by Gasteiger charge is -2.40. The number of ether oxygens (including phenoxy) is 1. The Labute approximate surface area is 188 Å². The monoisotopic (exact) mass is 453 g/mol. The van der Waals surface area contributed by atoms with Crippen molar-refractivity contribution in [2.45, 2.75) is 18.2 Å². The van der Waals surface area contributed by atoms with Crippen molar-refractivity contribution in [3.63, 3.8) is 0 Å². The van der Waals surface area contributed by atoms with Gasteiger partial charge in [-0.1, -0.05) is 36.4 Å². The molecule has 3 N–H and O–H groups in total. The van der Waals surface area contributed by atoms with Crippen molar-refractivity contribution >= 4 is 40.4 Å². The Bertz CT molecular complexity index is 1400. The number of fused-ring (bicyclic) bond motifs is 8. The maximum Gasteiger partial charge on any atom is 0.286 e. The van der Waals surface area contributed by atoms with Crippen LogP contribution >= 0.6 is 11.6 Å². The normalized spacial score (nSPS) is 24.6. The van der Waals surface area contributed by atoms with Crippen LogP contribution in [0.15, 0.2) is 42.0 Å². The predicted octanol–water partition coefficient (Wildman–Crippen LogP) is 2.56. The number of aromatic amines is 1. The highest BCUT2D eigenvalue weighted by Crippen LogP contribution is 2.58. The molecule has 0 saturated carbocycles. The van der Waals surface area contributed by atoms with E-state index in [9.17, 15) is 19.8 Å². The molecule has 0 unspecified atom stereocenters. The van der Waals surface area contributed by atoms with E-state index in [-0.39, 0.29) is 10.6 Å². The van der Waals surface area contributed by atoms with Crippen LogP contribution in [0.25, 0.3) is 28.4 Å². The smallest absolute Gasteiger partial charge is 0.286 e. The first-order chi connectivity index (χ1) is 15.1. The minimum absolute atomic E-state index is 0.0498. The number of aliphatic hydroxyl groups is 2. The first-order valence-electron chi connectivity index (χ1n) is 9.82. The molecule has 0 spiro atoms. The minimum atomic E-state index is -2.64. The van der Waals surface area contributed by atoms with Crippen LogP contribution in [0.5, 0.6) is 5.75 Å². The summed E-state index contributed by atoms with van der Waals surface area (Å²) in [6.45, 7) is 5.38. The van der Waals surface area contributed by atoms with Crippen molar-refractivity contribution in [2.24, 2.45) is 0 Å². The fraction of sp³-hybridized carbons (Fsp3) is 0.217. The minimum Gasteiger partial charge on any atom is -0.494 e. The quantitative estimate of drug-likeness (QED) is 0.417. The number of aromatic nitrogens is 2. The van der Waals surface area contributed by atoms with E-state index in [0.29, 0.717) is 39.3 Å². The molecule has 3 aromatic rings. The van der Waals surface area contributed by atoms with Crippen molar-refractivity contribution in [3.8, 4) is 17.1 Å². The third-order valence-electron chi connectivity index (χ3n) is 6.39. The Hall–Kier alpha value is -3.33. The summed E-state index contributed by atoms with van der Waals surface area (Å²) in [5.41, 5.74) is -3.14. The number of carbonyl (C=O) groups excluding carboxylic acids is 2. The van der Waals surface area contributed by atoms with Crippen LogP contribution in [0.4, 0.5) is 0 Å². The Morgan fingerprint density at radius 1 is 1.25 bits per heavy atom. The summed E-state index contributed by atoms with van der Waals surface area (Å²) in [4.78, 5) is 30.6. The fourth-order valence-electron chi connectivity index (χ4n) is 4.96. The lowest BCUT2D eigenvalue weighted by molar-refractivity contribution is -0.194. The number of carbonyl (C=O) groups is 2. The number of rotatable bonds is 3. The highest BCUT2D eigenvalue weighted by Gasteiger charge is 2.74. The highest BCUT2D eigenvalue weighted by atomic mass is 35.5. The Kier molecular flexibility index (Phi) is 4.08. The van der Waals surface area contributed by atoms with Crippen molar-refractivity contribution in [2.75, 3.05) is 14.2 Å². The summed E-state index contributed by atoms with van der Waals surface area (Å²) in [5, 5.41) is 24.8. The molecule has 164 valence electrons. The number of hydrogen-bond donors (Lipinski definition) is 3. The third-order valence-corrected chi connectivity index (χ3v) is 6.65. The van der Waals surface area contributed by atoms with E-state index in [1.165, 1.54) is 30.9 Å². The molecule has 8 nitrogen and oxygen atoms in total. The number of benzene rings is 1. The first-order valence-corrected chi connectivity index (χ1v) is 10.2. The molecule has 9 heteroatoms. The second-order valence-corrected chi connectivity index (χ2v) is 8.37. The van der Waals surface area contributed by atoms with E-state index in [2.05, 4.69) is 11.6 Å². The topological polar surface area (TPSA) is 108 Å². The third kappa shape index (κ3) is 2.05. The average molecular weight is 454 g/mol. The van der Waals surface area contributed by atoms with E-state index < -0.39 is 23.1 Å². The van der Waals surface area contributed by atoms with Gasteiger partial charge in [0, 0.05) is 34.3 Å². The molecule has 0 radical (unpaired) electrons. The molecule has 4 heterocycles. The Balaban J connectivity index is 2.06. The fourth-order valence-corrected chi connectivity index (χ4v) is 5.07. The predicted molar refractivity (Wildman–Crippen MR) is 119 cm³/mol. The van der Waals surface area contributed by atoms with Crippen molar-refractivity contribution < 1.29 is 24.5 Å². The number of likely N-dealkylation sites (tertiary alicyclic amines) is 1. The zero-order valence-electron chi connectivity index (χ0n) is 17.6. The summed E-state index contributed by atoms with van der Waals surface area (Å²) in [6.07, 6.45) is 2.93. The van der Waals surface area contributed by atoms with Gasteiger partial charge in [-0.25, -0.2) is 0 Å². The van der Waals surface area contributed by atoms with Crippen LogP contribution in [0.1, 0.15) is 16.8 Å². The molecule has 0 bridgehead atoms. The number of nitrogens with zero attached hydrogens (tertiary/aromatic N) is 2. The number of nitrogens with one attached hydrogen (secondary N) is 1. The standard InChI is InChI=1S/C23H20ClN3O5/c1-5-12(24)10-14-11(2)25-17-16(14)22(30)20(28)26(3)21(29)23(22,31)27-15-9-7-6-8-13(15)19(32-4)18(17)27/h5-10,25,30-31H,1H2,2-4H3/b12-10+/t22-,23+/m1/s1. The number of imide groups is 1. The molecular formula is C23H20ClN3O5. The number of hydrogen-bond acceptors (Lipinski definition) is 5. The SMILES string of the molecule is C=C/C(Cl)=C\c1c(C)[nH]c2c1[C@@]1(O)C(=O)N(C)C(=O)[C@@]1(O)n1c-2c(OC)c2ccccc21. The molecule has 2 atom stereocenters. The zero-order chi connectivity index (χ0) is 23.2. The number of para-hydroxylation sites is 1. The van der Waals surface area contributed by atoms with Gasteiger partial charge in [-0.05, 0) is 25.1 Å². The number of halogens is 1. The summed E-state index contributed by atoms with van der Waals surface area (Å²) in [5.74, 6) is -1.51. The molecule has 32 heavy (non-hydrogen) atoms. The second kappa shape index (κ2) is 6.35. The van der Waals surface area contributed by atoms with Crippen LogP contribution in [0.2, 0.25) is 0 Å². The van der Waals surface area contributed by atoms with E-state index in [1.807, 2.05) is 0 Å². The molecule has 2 aliphatic heterocycles. The van der Waals surface area contributed by atoms with E-state index in [0.717, 1.165) is 4.90 Å². The lowest BCUT2D eigenvalue weighted by Crippen LogP contribution is -2.58. The van der Waals surface area contributed by atoms with Crippen LogP contribution < -0.4 is 4.74 Å². The number of aryl methyl sites for hydroxylation is 1. The number of amides is 2. The van der Waals surface area contributed by atoms with Gasteiger partial charge < -0.3 is 19.9 Å². The molecule has 2 aliphatic rings. The number of likely N-dealkylation sites (N-methyl/N-ethyl adjacent to an activating group) is 1. The Morgan fingerprint density at radius 2 is 1.94 bits per heavy atom. The van der Waals surface area contributed by atoms with Gasteiger partial charge in [0.2, 0.25) is 5.60 Å². The van der Waals surface area contributed by atoms with Gasteiger partial charge in [-0.3, -0.25) is 19.1 Å². The van der Waals surface area contributed by atoms with Crippen LogP contribution in [0, 0.1) is 6.92 Å². The van der Waals surface area contributed by atoms with Crippen molar-refractivity contribution in [3.05, 3.63) is 58.8 Å². The number of allylic oxidation sites excluding steroid dienone is 2. The summed E-state index contributed by atoms with van der Waals surface area (Å²) >= 11 is 6.20. The molecule has 2 aromatic heterocycles. The maximum atomic E-state index is 13.4. The summed E-state index contributed by atoms with van der Waals surface area (Å²) in [7, 11) is 2.71. The molecule has 1 fully saturated rings. The summed E-state index contributed by atoms with van der Waals surface area (Å²) < 4.78 is 6.97. The zero-order valence-corrected chi connectivity index (χ0v) is 18.3.